The first-order valence-electron chi connectivity index (χ1n) is 6.97. The highest BCUT2D eigenvalue weighted by molar-refractivity contribution is 5.76. The third-order valence-electron chi connectivity index (χ3n) is 3.65. The topological polar surface area (TPSA) is 50.2 Å². The van der Waals surface area contributed by atoms with E-state index < -0.39 is 0 Å². The molecule has 1 aromatic heterocycles. The van der Waals surface area contributed by atoms with E-state index in [1.54, 1.807) is 34.1 Å². The van der Waals surface area contributed by atoms with Gasteiger partial charge in [-0.15, -0.1) is 0 Å². The Morgan fingerprint density at radius 2 is 2.33 bits per heavy atom. The summed E-state index contributed by atoms with van der Waals surface area (Å²) in [5, 5.41) is 7.31. The van der Waals surface area contributed by atoms with E-state index in [1.807, 2.05) is 6.07 Å². The quantitative estimate of drug-likeness (QED) is 0.923. The maximum Gasteiger partial charge on any atom is 0.244 e. The van der Waals surface area contributed by atoms with E-state index in [-0.39, 0.29) is 24.3 Å². The average Bonchev–Trinajstić information content (AvgIpc) is 3.00. The normalized spacial score (nSPS) is 18.7. The number of piperazine rings is 1. The van der Waals surface area contributed by atoms with Crippen LogP contribution in [0.4, 0.5) is 4.39 Å². The van der Waals surface area contributed by atoms with Gasteiger partial charge in [0.1, 0.15) is 12.4 Å². The van der Waals surface area contributed by atoms with Crippen LogP contribution in [0.25, 0.3) is 0 Å². The van der Waals surface area contributed by atoms with Gasteiger partial charge >= 0.3 is 0 Å². The fourth-order valence-corrected chi connectivity index (χ4v) is 2.64. The number of benzene rings is 1. The van der Waals surface area contributed by atoms with Gasteiger partial charge in [0.15, 0.2) is 0 Å². The number of carbonyl (C=O) groups excluding carboxylic acids is 1. The fourth-order valence-electron chi connectivity index (χ4n) is 2.64. The summed E-state index contributed by atoms with van der Waals surface area (Å²) in [4.78, 5) is 14.3. The van der Waals surface area contributed by atoms with E-state index in [0.717, 1.165) is 12.1 Å². The lowest BCUT2D eigenvalue weighted by atomic mass is 10.0. The van der Waals surface area contributed by atoms with Crippen molar-refractivity contribution < 1.29 is 9.18 Å². The SMILES string of the molecule is O=C(Cn1cccn1)N1CCNCC1c1cccc(F)c1. The molecule has 1 atom stereocenters. The molecular formula is C15H17FN4O. The molecule has 1 saturated heterocycles. The molecule has 0 radical (unpaired) electrons. The minimum absolute atomic E-state index is 0.00513. The zero-order valence-corrected chi connectivity index (χ0v) is 11.6. The summed E-state index contributed by atoms with van der Waals surface area (Å²) >= 11 is 0. The molecule has 2 heterocycles. The van der Waals surface area contributed by atoms with E-state index in [1.165, 1.54) is 12.1 Å². The summed E-state index contributed by atoms with van der Waals surface area (Å²) in [5.41, 5.74) is 0.816. The molecular weight excluding hydrogens is 271 g/mol. The van der Waals surface area contributed by atoms with Crippen molar-refractivity contribution in [3.05, 3.63) is 54.1 Å². The van der Waals surface area contributed by atoms with Crippen molar-refractivity contribution in [2.45, 2.75) is 12.6 Å². The Bertz CT molecular complexity index is 614. The van der Waals surface area contributed by atoms with Crippen LogP contribution < -0.4 is 5.32 Å². The fraction of sp³-hybridized carbons (Fsp3) is 0.333. The van der Waals surface area contributed by atoms with Crippen molar-refractivity contribution >= 4 is 5.91 Å². The van der Waals surface area contributed by atoms with Crippen LogP contribution in [0.1, 0.15) is 11.6 Å². The minimum Gasteiger partial charge on any atom is -0.331 e. The zero-order chi connectivity index (χ0) is 14.7. The molecule has 5 nitrogen and oxygen atoms in total. The maximum atomic E-state index is 13.4. The van der Waals surface area contributed by atoms with E-state index in [9.17, 15) is 9.18 Å². The number of halogens is 1. The Labute approximate surface area is 122 Å². The molecule has 1 fully saturated rings. The van der Waals surface area contributed by atoms with E-state index in [4.69, 9.17) is 0 Å². The van der Waals surface area contributed by atoms with E-state index in [0.29, 0.717) is 13.1 Å². The van der Waals surface area contributed by atoms with Crippen LogP contribution in [0.2, 0.25) is 0 Å². The van der Waals surface area contributed by atoms with Gasteiger partial charge in [-0.2, -0.15) is 5.10 Å². The van der Waals surface area contributed by atoms with Crippen molar-refractivity contribution in [3.8, 4) is 0 Å². The van der Waals surface area contributed by atoms with Crippen molar-refractivity contribution in [1.82, 2.24) is 20.0 Å². The second kappa shape index (κ2) is 6.05. The van der Waals surface area contributed by atoms with Gasteiger partial charge in [0.2, 0.25) is 5.91 Å². The van der Waals surface area contributed by atoms with Crippen LogP contribution in [0.15, 0.2) is 42.7 Å². The van der Waals surface area contributed by atoms with Crippen molar-refractivity contribution in [3.63, 3.8) is 0 Å². The highest BCUT2D eigenvalue weighted by Gasteiger charge is 2.28. The number of hydrogen-bond acceptors (Lipinski definition) is 3. The van der Waals surface area contributed by atoms with Gasteiger partial charge in [-0.05, 0) is 23.8 Å². The molecule has 110 valence electrons. The van der Waals surface area contributed by atoms with Crippen molar-refractivity contribution in [2.75, 3.05) is 19.6 Å². The number of rotatable bonds is 3. The predicted molar refractivity (Wildman–Crippen MR) is 76.0 cm³/mol. The second-order valence-electron chi connectivity index (χ2n) is 5.07. The molecule has 1 aromatic carbocycles. The molecule has 1 amide bonds. The number of hydrogen-bond donors (Lipinski definition) is 1. The molecule has 0 bridgehead atoms. The lowest BCUT2D eigenvalue weighted by Gasteiger charge is -2.36. The molecule has 1 aliphatic rings. The summed E-state index contributed by atoms with van der Waals surface area (Å²) in [6.45, 7) is 2.20. The molecule has 2 aromatic rings. The summed E-state index contributed by atoms with van der Waals surface area (Å²) in [7, 11) is 0. The molecule has 0 spiro atoms. The molecule has 21 heavy (non-hydrogen) atoms. The van der Waals surface area contributed by atoms with Crippen LogP contribution in [-0.4, -0.2) is 40.2 Å². The molecule has 3 rings (SSSR count). The number of amides is 1. The first-order chi connectivity index (χ1) is 10.2. The number of nitrogens with zero attached hydrogens (tertiary/aromatic N) is 3. The van der Waals surface area contributed by atoms with Crippen molar-refractivity contribution in [2.24, 2.45) is 0 Å². The summed E-state index contributed by atoms with van der Waals surface area (Å²) in [6, 6.07) is 8.08. The molecule has 1 aliphatic heterocycles. The lowest BCUT2D eigenvalue weighted by Crippen LogP contribution is -2.49. The lowest BCUT2D eigenvalue weighted by molar-refractivity contribution is -0.135. The molecule has 0 saturated carbocycles. The van der Waals surface area contributed by atoms with Gasteiger partial charge in [0, 0.05) is 32.0 Å². The Balaban J connectivity index is 1.79. The van der Waals surface area contributed by atoms with Crippen LogP contribution in [-0.2, 0) is 11.3 Å². The van der Waals surface area contributed by atoms with Crippen LogP contribution in [0, 0.1) is 5.82 Å². The highest BCUT2D eigenvalue weighted by atomic mass is 19.1. The van der Waals surface area contributed by atoms with Crippen LogP contribution in [0.3, 0.4) is 0 Å². The largest absolute Gasteiger partial charge is 0.331 e. The summed E-state index contributed by atoms with van der Waals surface area (Å²) in [6.07, 6.45) is 3.41. The summed E-state index contributed by atoms with van der Waals surface area (Å²) < 4.78 is 15.0. The Hall–Kier alpha value is -2.21. The van der Waals surface area contributed by atoms with Gasteiger partial charge < -0.3 is 10.2 Å². The molecule has 0 aliphatic carbocycles. The third-order valence-corrected chi connectivity index (χ3v) is 3.65. The van der Waals surface area contributed by atoms with Gasteiger partial charge in [0.05, 0.1) is 6.04 Å². The van der Waals surface area contributed by atoms with Gasteiger partial charge in [-0.25, -0.2) is 4.39 Å². The minimum atomic E-state index is -0.280. The maximum absolute atomic E-state index is 13.4. The zero-order valence-electron chi connectivity index (χ0n) is 11.6. The molecule has 1 unspecified atom stereocenters. The highest BCUT2D eigenvalue weighted by Crippen LogP contribution is 2.23. The standard InChI is InChI=1S/C15H17FN4O/c16-13-4-1-3-12(9-13)14-10-17-6-8-20(14)15(21)11-19-7-2-5-18-19/h1-5,7,9,14,17H,6,8,10-11H2. The van der Waals surface area contributed by atoms with Crippen LogP contribution in [0.5, 0.6) is 0 Å². The smallest absolute Gasteiger partial charge is 0.244 e. The van der Waals surface area contributed by atoms with Gasteiger partial charge in [-0.1, -0.05) is 12.1 Å². The first kappa shape index (κ1) is 13.8. The molecule has 1 N–H and O–H groups in total. The number of nitrogens with one attached hydrogen (secondary N) is 1. The van der Waals surface area contributed by atoms with E-state index in [2.05, 4.69) is 10.4 Å². The Morgan fingerprint density at radius 1 is 1.43 bits per heavy atom. The third kappa shape index (κ3) is 3.11. The van der Waals surface area contributed by atoms with Gasteiger partial charge in [-0.3, -0.25) is 9.48 Å². The molecule has 6 heteroatoms. The second-order valence-corrected chi connectivity index (χ2v) is 5.07. The van der Waals surface area contributed by atoms with Gasteiger partial charge in [0.25, 0.3) is 0 Å². The summed E-state index contributed by atoms with van der Waals surface area (Å²) in [5.74, 6) is -0.285. The Morgan fingerprint density at radius 3 is 3.10 bits per heavy atom. The van der Waals surface area contributed by atoms with E-state index >= 15 is 0 Å². The van der Waals surface area contributed by atoms with Crippen LogP contribution >= 0.6 is 0 Å². The predicted octanol–water partition coefficient (Wildman–Crippen LogP) is 1.20. The number of carbonyl (C=O) groups is 1. The first-order valence-corrected chi connectivity index (χ1v) is 6.97. The monoisotopic (exact) mass is 288 g/mol. The average molecular weight is 288 g/mol. The van der Waals surface area contributed by atoms with Crippen molar-refractivity contribution in [1.29, 1.82) is 0 Å². The Kier molecular flexibility index (Phi) is 3.96. The number of aromatic nitrogens is 2.